The topological polar surface area (TPSA) is 17.8 Å². The molecule has 0 saturated heterocycles. The average Bonchev–Trinajstić information content (AvgIpc) is 3.24. The van der Waals surface area contributed by atoms with E-state index in [1.54, 1.807) is 0 Å². The number of aromatic nitrogens is 2. The molecule has 0 spiro atoms. The van der Waals surface area contributed by atoms with Gasteiger partial charge in [-0.05, 0) is 24.3 Å². The molecule has 1 unspecified atom stereocenters. The zero-order chi connectivity index (χ0) is 19.7. The number of benzene rings is 1. The van der Waals surface area contributed by atoms with E-state index >= 15 is 0 Å². The first-order chi connectivity index (χ1) is 13.9. The Labute approximate surface area is 181 Å². The fraction of sp³-hybridized carbons (Fsp3) is 0.625. The van der Waals surface area contributed by atoms with E-state index in [0.29, 0.717) is 5.25 Å². The van der Waals surface area contributed by atoms with Crippen molar-refractivity contribution >= 4 is 23.5 Å². The summed E-state index contributed by atoms with van der Waals surface area (Å²) in [6, 6.07) is 10.8. The van der Waals surface area contributed by atoms with E-state index in [4.69, 9.17) is 0 Å². The Hall–Kier alpha value is -0.870. The van der Waals surface area contributed by atoms with E-state index in [1.165, 1.54) is 74.9 Å². The van der Waals surface area contributed by atoms with Crippen molar-refractivity contribution in [2.45, 2.75) is 87.8 Å². The maximum atomic E-state index is 4.20. The van der Waals surface area contributed by atoms with E-state index in [2.05, 4.69) is 64.8 Å². The predicted octanol–water partition coefficient (Wildman–Crippen LogP) is 7.70. The van der Waals surface area contributed by atoms with Gasteiger partial charge in [-0.3, -0.25) is 0 Å². The van der Waals surface area contributed by atoms with Gasteiger partial charge in [-0.25, -0.2) is 4.98 Å². The van der Waals surface area contributed by atoms with Crippen molar-refractivity contribution in [3.05, 3.63) is 49.1 Å². The molecule has 1 aromatic carbocycles. The van der Waals surface area contributed by atoms with Crippen LogP contribution in [0.4, 0.5) is 0 Å². The SMILES string of the molecule is CCCCCCCCCCCCSC(CSc1ccccc1)Cn1ccnc1. The van der Waals surface area contributed by atoms with Crippen molar-refractivity contribution in [3.63, 3.8) is 0 Å². The molecule has 2 aromatic rings. The molecule has 0 saturated carbocycles. The molecule has 1 aromatic heterocycles. The lowest BCUT2D eigenvalue weighted by Gasteiger charge is -2.17. The van der Waals surface area contributed by atoms with Crippen molar-refractivity contribution in [3.8, 4) is 0 Å². The second-order valence-corrected chi connectivity index (χ2v) is 10.1. The van der Waals surface area contributed by atoms with Crippen LogP contribution in [0.25, 0.3) is 0 Å². The summed E-state index contributed by atoms with van der Waals surface area (Å²) in [4.78, 5) is 5.57. The Bertz CT molecular complexity index is 572. The summed E-state index contributed by atoms with van der Waals surface area (Å²) < 4.78 is 2.22. The zero-order valence-electron chi connectivity index (χ0n) is 17.6. The summed E-state index contributed by atoms with van der Waals surface area (Å²) in [7, 11) is 0. The van der Waals surface area contributed by atoms with Gasteiger partial charge in [-0.2, -0.15) is 11.8 Å². The van der Waals surface area contributed by atoms with Gasteiger partial charge in [-0.15, -0.1) is 11.8 Å². The monoisotopic (exact) mass is 418 g/mol. The van der Waals surface area contributed by atoms with Gasteiger partial charge in [0.25, 0.3) is 0 Å². The molecule has 28 heavy (non-hydrogen) atoms. The molecule has 2 rings (SSSR count). The number of hydrogen-bond acceptors (Lipinski definition) is 3. The molecule has 0 aliphatic carbocycles. The fourth-order valence-corrected chi connectivity index (χ4v) is 5.73. The van der Waals surface area contributed by atoms with E-state index in [1.807, 2.05) is 24.3 Å². The Kier molecular flexibility index (Phi) is 13.4. The lowest BCUT2D eigenvalue weighted by molar-refractivity contribution is 0.563. The Morgan fingerprint density at radius 1 is 0.893 bits per heavy atom. The first-order valence-electron chi connectivity index (χ1n) is 11.1. The summed E-state index contributed by atoms with van der Waals surface area (Å²) in [5.41, 5.74) is 0. The largest absolute Gasteiger partial charge is 0.336 e. The first-order valence-corrected chi connectivity index (χ1v) is 13.2. The van der Waals surface area contributed by atoms with Crippen LogP contribution in [-0.4, -0.2) is 26.3 Å². The van der Waals surface area contributed by atoms with E-state index in [0.717, 1.165) is 12.3 Å². The zero-order valence-corrected chi connectivity index (χ0v) is 19.2. The molecule has 0 aliphatic rings. The highest BCUT2D eigenvalue weighted by Gasteiger charge is 2.11. The summed E-state index contributed by atoms with van der Waals surface area (Å²) in [5.74, 6) is 2.44. The highest BCUT2D eigenvalue weighted by molar-refractivity contribution is 8.03. The van der Waals surface area contributed by atoms with Crippen molar-refractivity contribution < 1.29 is 0 Å². The molecule has 0 N–H and O–H groups in total. The maximum Gasteiger partial charge on any atom is 0.0946 e. The van der Waals surface area contributed by atoms with Crippen LogP contribution in [0.3, 0.4) is 0 Å². The summed E-state index contributed by atoms with van der Waals surface area (Å²) in [6.07, 6.45) is 20.0. The van der Waals surface area contributed by atoms with Crippen LogP contribution in [0.15, 0.2) is 53.9 Å². The van der Waals surface area contributed by atoms with Crippen LogP contribution < -0.4 is 0 Å². The summed E-state index contributed by atoms with van der Waals surface area (Å²) >= 11 is 4.13. The highest BCUT2D eigenvalue weighted by atomic mass is 32.2. The Balaban J connectivity index is 1.57. The van der Waals surface area contributed by atoms with Crippen LogP contribution in [0.5, 0.6) is 0 Å². The van der Waals surface area contributed by atoms with Crippen molar-refractivity contribution in [2.75, 3.05) is 11.5 Å². The van der Waals surface area contributed by atoms with Crippen LogP contribution in [0.1, 0.15) is 71.1 Å². The minimum Gasteiger partial charge on any atom is -0.336 e. The average molecular weight is 419 g/mol. The normalized spacial score (nSPS) is 12.3. The number of nitrogens with zero attached hydrogens (tertiary/aromatic N) is 2. The molecular formula is C24H38N2S2. The minimum atomic E-state index is 0.637. The molecular weight excluding hydrogens is 380 g/mol. The van der Waals surface area contributed by atoms with Gasteiger partial charge in [0.15, 0.2) is 0 Å². The minimum absolute atomic E-state index is 0.637. The van der Waals surface area contributed by atoms with Gasteiger partial charge in [0.2, 0.25) is 0 Å². The van der Waals surface area contributed by atoms with Gasteiger partial charge in [-0.1, -0.05) is 82.9 Å². The molecule has 0 amide bonds. The lowest BCUT2D eigenvalue weighted by Crippen LogP contribution is -2.15. The van der Waals surface area contributed by atoms with Gasteiger partial charge < -0.3 is 4.57 Å². The molecule has 0 aliphatic heterocycles. The number of rotatable bonds is 17. The van der Waals surface area contributed by atoms with Crippen molar-refractivity contribution in [1.29, 1.82) is 0 Å². The maximum absolute atomic E-state index is 4.20. The highest BCUT2D eigenvalue weighted by Crippen LogP contribution is 2.25. The van der Waals surface area contributed by atoms with Crippen LogP contribution in [-0.2, 0) is 6.54 Å². The number of thioether (sulfide) groups is 2. The van der Waals surface area contributed by atoms with Crippen LogP contribution in [0.2, 0.25) is 0 Å². The number of hydrogen-bond donors (Lipinski definition) is 0. The van der Waals surface area contributed by atoms with E-state index in [9.17, 15) is 0 Å². The molecule has 0 fully saturated rings. The Morgan fingerprint density at radius 3 is 2.21 bits per heavy atom. The van der Waals surface area contributed by atoms with Gasteiger partial charge in [0, 0.05) is 34.8 Å². The third-order valence-electron chi connectivity index (χ3n) is 5.00. The molecule has 4 heteroatoms. The van der Waals surface area contributed by atoms with Crippen LogP contribution in [0, 0.1) is 0 Å². The third kappa shape index (κ3) is 11.2. The third-order valence-corrected chi connectivity index (χ3v) is 7.70. The lowest BCUT2D eigenvalue weighted by atomic mass is 10.1. The quantitative estimate of drug-likeness (QED) is 0.194. The van der Waals surface area contributed by atoms with Gasteiger partial charge in [0.05, 0.1) is 6.33 Å². The molecule has 0 radical (unpaired) electrons. The second kappa shape index (κ2) is 16.0. The predicted molar refractivity (Wildman–Crippen MR) is 127 cm³/mol. The standard InChI is InChI=1S/C24H38N2S2/c1-2-3-4-5-6-7-8-9-10-14-19-27-24(20-26-18-17-25-22-26)21-28-23-15-12-11-13-16-23/h11-13,15-18,22,24H,2-10,14,19-21H2,1H3. The molecule has 1 heterocycles. The first kappa shape index (κ1) is 23.4. The van der Waals surface area contributed by atoms with Crippen molar-refractivity contribution in [2.24, 2.45) is 0 Å². The second-order valence-electron chi connectivity index (χ2n) is 7.56. The van der Waals surface area contributed by atoms with Gasteiger partial charge >= 0.3 is 0 Å². The molecule has 0 bridgehead atoms. The summed E-state index contributed by atoms with van der Waals surface area (Å²) in [5, 5.41) is 0.637. The van der Waals surface area contributed by atoms with E-state index in [-0.39, 0.29) is 0 Å². The van der Waals surface area contributed by atoms with E-state index < -0.39 is 0 Å². The molecule has 2 nitrogen and oxygen atoms in total. The van der Waals surface area contributed by atoms with Crippen molar-refractivity contribution in [1.82, 2.24) is 9.55 Å². The van der Waals surface area contributed by atoms with Crippen LogP contribution >= 0.6 is 23.5 Å². The molecule has 1 atom stereocenters. The number of imidazole rings is 1. The number of unbranched alkanes of at least 4 members (excludes halogenated alkanes) is 9. The Morgan fingerprint density at radius 2 is 1.57 bits per heavy atom. The fourth-order valence-electron chi connectivity index (χ4n) is 3.33. The molecule has 156 valence electrons. The van der Waals surface area contributed by atoms with Gasteiger partial charge in [0.1, 0.15) is 0 Å². The smallest absolute Gasteiger partial charge is 0.0946 e. The summed E-state index contributed by atoms with van der Waals surface area (Å²) in [6.45, 7) is 3.35.